The van der Waals surface area contributed by atoms with E-state index < -0.39 is 11.7 Å². The molecular weight excluding hydrogens is 374 g/mol. The van der Waals surface area contributed by atoms with Crippen molar-refractivity contribution in [2.75, 3.05) is 13.1 Å². The van der Waals surface area contributed by atoms with Crippen LogP contribution in [0, 0.1) is 23.2 Å². The predicted octanol–water partition coefficient (Wildman–Crippen LogP) is 2.40. The lowest BCUT2D eigenvalue weighted by atomic mass is 9.48. The first kappa shape index (κ1) is 20.3. The van der Waals surface area contributed by atoms with E-state index in [1.165, 1.54) is 0 Å². The highest BCUT2D eigenvalue weighted by Gasteiger charge is 2.59. The van der Waals surface area contributed by atoms with Gasteiger partial charge >= 0.3 is 12.2 Å². The summed E-state index contributed by atoms with van der Waals surface area (Å²) in [5, 5.41) is 2.83. The molecule has 6 atom stereocenters. The van der Waals surface area contributed by atoms with Crippen LogP contribution in [-0.4, -0.2) is 53.8 Å². The molecule has 5 rings (SSSR count). The van der Waals surface area contributed by atoms with Crippen LogP contribution in [0.4, 0.5) is 9.59 Å². The molecule has 4 bridgehead atoms. The fraction of sp³-hybridized carbons (Fsp3) is 0.857. The summed E-state index contributed by atoms with van der Waals surface area (Å²) in [6, 6.07) is -0.131. The topological polar surface area (TPSA) is 111 Å². The standard InChI is InChI=1S/C21H33N3O5/c1-20(2,3)29-18(26)23-15-4-5-24(11-15)19(27)28-16-13-6-12-7-14(16)10-21(8-12,9-13)17(22)25/h12-16H,4-11H2,1-3H3,(H2,22,25)(H,23,26)/t12?,13-,14?,15-,16?,21?/m0/s1. The molecule has 0 aromatic rings. The second-order valence-corrected chi connectivity index (χ2v) is 10.5. The van der Waals surface area contributed by atoms with E-state index >= 15 is 0 Å². The lowest BCUT2D eigenvalue weighted by molar-refractivity contribution is -0.161. The lowest BCUT2D eigenvalue weighted by Gasteiger charge is -2.58. The summed E-state index contributed by atoms with van der Waals surface area (Å²) in [7, 11) is 0. The number of hydrogen-bond acceptors (Lipinski definition) is 5. The third kappa shape index (κ3) is 4.03. The van der Waals surface area contributed by atoms with E-state index in [0.29, 0.717) is 25.4 Å². The number of carbonyl (C=O) groups excluding carboxylic acids is 3. The van der Waals surface area contributed by atoms with Gasteiger partial charge in [0.25, 0.3) is 0 Å². The Morgan fingerprint density at radius 3 is 2.34 bits per heavy atom. The Bertz CT molecular complexity index is 687. The molecule has 5 fully saturated rings. The maximum absolute atomic E-state index is 12.8. The molecule has 162 valence electrons. The van der Waals surface area contributed by atoms with Crippen LogP contribution in [0.15, 0.2) is 0 Å². The number of carbonyl (C=O) groups is 3. The van der Waals surface area contributed by atoms with E-state index in [4.69, 9.17) is 15.2 Å². The molecule has 5 aliphatic rings. The maximum atomic E-state index is 12.8. The van der Waals surface area contributed by atoms with Crippen LogP contribution < -0.4 is 11.1 Å². The van der Waals surface area contributed by atoms with Crippen molar-refractivity contribution in [3.63, 3.8) is 0 Å². The number of rotatable bonds is 3. The molecule has 1 aliphatic heterocycles. The van der Waals surface area contributed by atoms with Crippen LogP contribution in [-0.2, 0) is 14.3 Å². The van der Waals surface area contributed by atoms with Gasteiger partial charge in [-0.2, -0.15) is 0 Å². The second kappa shape index (κ2) is 7.06. The zero-order chi connectivity index (χ0) is 21.0. The smallest absolute Gasteiger partial charge is 0.410 e. The second-order valence-electron chi connectivity index (χ2n) is 10.5. The van der Waals surface area contributed by atoms with Gasteiger partial charge in [-0.1, -0.05) is 0 Å². The van der Waals surface area contributed by atoms with E-state index in [2.05, 4.69) is 5.32 Å². The normalized spacial score (nSPS) is 38.0. The Morgan fingerprint density at radius 2 is 1.76 bits per heavy atom. The number of nitrogens with zero attached hydrogens (tertiary/aromatic N) is 1. The Kier molecular flexibility index (Phi) is 4.94. The number of ether oxygens (including phenoxy) is 2. The molecule has 29 heavy (non-hydrogen) atoms. The van der Waals surface area contributed by atoms with Gasteiger partial charge in [0.05, 0.1) is 11.5 Å². The molecule has 3 N–H and O–H groups in total. The Balaban J connectivity index is 1.31. The van der Waals surface area contributed by atoms with E-state index in [9.17, 15) is 14.4 Å². The number of nitrogens with two attached hydrogens (primary N) is 1. The van der Waals surface area contributed by atoms with Gasteiger partial charge in [-0.05, 0) is 77.0 Å². The third-order valence-corrected chi connectivity index (χ3v) is 7.11. The number of primary amides is 1. The van der Waals surface area contributed by atoms with E-state index in [0.717, 1.165) is 32.1 Å². The molecule has 4 saturated carbocycles. The van der Waals surface area contributed by atoms with Gasteiger partial charge in [0.2, 0.25) is 5.91 Å². The highest BCUT2D eigenvalue weighted by Crippen LogP contribution is 2.60. The Labute approximate surface area is 171 Å². The van der Waals surface area contributed by atoms with Gasteiger partial charge in [-0.3, -0.25) is 4.79 Å². The Morgan fingerprint density at radius 1 is 1.10 bits per heavy atom. The Hall–Kier alpha value is -1.99. The van der Waals surface area contributed by atoms with E-state index in [1.807, 2.05) is 20.8 Å². The van der Waals surface area contributed by atoms with E-state index in [-0.39, 0.29) is 41.4 Å². The van der Waals surface area contributed by atoms with Crippen molar-refractivity contribution in [2.45, 2.75) is 77.0 Å². The van der Waals surface area contributed by atoms with Gasteiger partial charge in [0.15, 0.2) is 0 Å². The quantitative estimate of drug-likeness (QED) is 0.746. The van der Waals surface area contributed by atoms with Gasteiger partial charge in [0, 0.05) is 13.1 Å². The number of hydrogen-bond donors (Lipinski definition) is 2. The average Bonchev–Trinajstić information content (AvgIpc) is 3.04. The molecule has 8 nitrogen and oxygen atoms in total. The fourth-order valence-electron chi connectivity index (χ4n) is 6.18. The van der Waals surface area contributed by atoms with Gasteiger partial charge in [-0.15, -0.1) is 0 Å². The van der Waals surface area contributed by atoms with Gasteiger partial charge in [-0.25, -0.2) is 9.59 Å². The van der Waals surface area contributed by atoms with Crippen LogP contribution in [0.1, 0.15) is 59.3 Å². The average molecular weight is 408 g/mol. The SMILES string of the molecule is CC(C)(C)OC(=O)N[C@H]1CCN(C(=O)OC2C3CC4C[C@H]2CC(C(N)=O)(C4)C3)C1. The van der Waals surface area contributed by atoms with Crippen molar-refractivity contribution >= 4 is 18.1 Å². The first-order chi connectivity index (χ1) is 13.5. The molecular formula is C21H33N3O5. The molecule has 1 heterocycles. The van der Waals surface area contributed by atoms with Crippen molar-refractivity contribution in [3.05, 3.63) is 0 Å². The minimum Gasteiger partial charge on any atom is -0.446 e. The molecule has 0 aromatic carbocycles. The predicted molar refractivity (Wildman–Crippen MR) is 105 cm³/mol. The van der Waals surface area contributed by atoms with Crippen LogP contribution >= 0.6 is 0 Å². The van der Waals surface area contributed by atoms with Crippen LogP contribution in [0.2, 0.25) is 0 Å². The maximum Gasteiger partial charge on any atom is 0.410 e. The fourth-order valence-corrected chi connectivity index (χ4v) is 6.18. The van der Waals surface area contributed by atoms with Crippen molar-refractivity contribution in [2.24, 2.45) is 28.9 Å². The highest BCUT2D eigenvalue weighted by atomic mass is 16.6. The monoisotopic (exact) mass is 407 g/mol. The zero-order valence-corrected chi connectivity index (χ0v) is 17.6. The van der Waals surface area contributed by atoms with Crippen LogP contribution in [0.25, 0.3) is 0 Å². The lowest BCUT2D eigenvalue weighted by Crippen LogP contribution is -2.59. The van der Waals surface area contributed by atoms with Crippen LogP contribution in [0.3, 0.4) is 0 Å². The summed E-state index contributed by atoms with van der Waals surface area (Å²) in [6.45, 7) is 6.43. The number of alkyl carbamates (subject to hydrolysis) is 1. The molecule has 3 amide bonds. The van der Waals surface area contributed by atoms with Crippen LogP contribution in [0.5, 0.6) is 0 Å². The minimum absolute atomic E-state index is 0.121. The van der Waals surface area contributed by atoms with Crippen molar-refractivity contribution in [3.8, 4) is 0 Å². The minimum atomic E-state index is -0.553. The molecule has 0 aromatic heterocycles. The highest BCUT2D eigenvalue weighted by molar-refractivity contribution is 5.81. The third-order valence-electron chi connectivity index (χ3n) is 7.11. The first-order valence-corrected chi connectivity index (χ1v) is 10.8. The molecule has 0 radical (unpaired) electrons. The first-order valence-electron chi connectivity index (χ1n) is 10.8. The van der Waals surface area contributed by atoms with Gasteiger partial charge < -0.3 is 25.4 Å². The van der Waals surface area contributed by atoms with E-state index in [1.54, 1.807) is 4.90 Å². The number of nitrogens with one attached hydrogen (secondary N) is 1. The molecule has 0 spiro atoms. The largest absolute Gasteiger partial charge is 0.446 e. The summed E-state index contributed by atoms with van der Waals surface area (Å²) in [6.07, 6.45) is 4.22. The number of likely N-dealkylation sites (tertiary alicyclic amines) is 1. The molecule has 4 aliphatic carbocycles. The summed E-state index contributed by atoms with van der Waals surface area (Å²) in [4.78, 5) is 38.5. The summed E-state index contributed by atoms with van der Waals surface area (Å²) in [5.74, 6) is 0.813. The molecule has 8 heteroatoms. The zero-order valence-electron chi connectivity index (χ0n) is 17.6. The number of amides is 3. The molecule has 1 saturated heterocycles. The summed E-state index contributed by atoms with van der Waals surface area (Å²) in [5.41, 5.74) is 4.80. The summed E-state index contributed by atoms with van der Waals surface area (Å²) >= 11 is 0. The summed E-state index contributed by atoms with van der Waals surface area (Å²) < 4.78 is 11.2. The molecule has 4 unspecified atom stereocenters. The van der Waals surface area contributed by atoms with Gasteiger partial charge in [0.1, 0.15) is 11.7 Å². The van der Waals surface area contributed by atoms with Crippen molar-refractivity contribution < 1.29 is 23.9 Å². The van der Waals surface area contributed by atoms with Crippen molar-refractivity contribution in [1.29, 1.82) is 0 Å². The van der Waals surface area contributed by atoms with Crippen molar-refractivity contribution in [1.82, 2.24) is 10.2 Å².